The van der Waals surface area contributed by atoms with Crippen molar-refractivity contribution in [3.63, 3.8) is 0 Å². The molecule has 0 saturated carbocycles. The van der Waals surface area contributed by atoms with Crippen molar-refractivity contribution >= 4 is 28.5 Å². The molecule has 1 amide bonds. The lowest BCUT2D eigenvalue weighted by atomic mass is 10.1. The monoisotopic (exact) mass is 452 g/mol. The molecule has 1 aromatic heterocycles. The lowest BCUT2D eigenvalue weighted by Crippen LogP contribution is -2.07. The fraction of sp³-hybridized carbons (Fsp3) is 0.280. The second kappa shape index (κ2) is 11.3. The quantitative estimate of drug-likeness (QED) is 0.388. The molecule has 0 unspecified atom stereocenters. The number of hydrogen-bond donors (Lipinski definition) is 1. The maximum atomic E-state index is 12.4. The van der Waals surface area contributed by atoms with Gasteiger partial charge in [-0.15, -0.1) is 11.3 Å². The third kappa shape index (κ3) is 6.34. The van der Waals surface area contributed by atoms with Gasteiger partial charge in [-0.2, -0.15) is 0 Å². The van der Waals surface area contributed by atoms with Crippen LogP contribution in [0.1, 0.15) is 25.8 Å². The zero-order chi connectivity index (χ0) is 22.9. The molecule has 168 valence electrons. The van der Waals surface area contributed by atoms with E-state index in [0.717, 1.165) is 29.0 Å². The zero-order valence-electron chi connectivity index (χ0n) is 18.8. The first-order chi connectivity index (χ1) is 15.5. The van der Waals surface area contributed by atoms with Gasteiger partial charge >= 0.3 is 0 Å². The van der Waals surface area contributed by atoms with E-state index >= 15 is 0 Å². The van der Waals surface area contributed by atoms with Crippen molar-refractivity contribution in [2.75, 3.05) is 26.1 Å². The number of carbonyl (C=O) groups excluding carboxylic acids is 1. The molecule has 32 heavy (non-hydrogen) atoms. The molecule has 1 N–H and O–H groups in total. The van der Waals surface area contributed by atoms with E-state index in [2.05, 4.69) is 24.1 Å². The van der Waals surface area contributed by atoms with Gasteiger partial charge in [0.2, 0.25) is 5.91 Å². The first kappa shape index (κ1) is 23.3. The maximum absolute atomic E-state index is 12.4. The van der Waals surface area contributed by atoms with Gasteiger partial charge in [-0.25, -0.2) is 4.98 Å². The molecule has 0 aliphatic rings. The average molecular weight is 453 g/mol. The SMILES string of the molecule is COc1cc(/C=C/C(=O)Nc2nc(-c3ccccc3OC)cs2)ccc1OCCC(C)C. The van der Waals surface area contributed by atoms with Crippen LogP contribution in [0.25, 0.3) is 17.3 Å². The van der Waals surface area contributed by atoms with Crippen molar-refractivity contribution in [3.8, 4) is 28.5 Å². The average Bonchev–Trinajstić information content (AvgIpc) is 3.26. The molecule has 3 rings (SSSR count). The van der Waals surface area contributed by atoms with E-state index in [4.69, 9.17) is 14.2 Å². The van der Waals surface area contributed by atoms with Gasteiger partial charge in [-0.05, 0) is 48.2 Å². The van der Waals surface area contributed by atoms with Crippen LogP contribution in [0.3, 0.4) is 0 Å². The molecule has 0 spiro atoms. The summed E-state index contributed by atoms with van der Waals surface area (Å²) in [6.07, 6.45) is 4.17. The Balaban J connectivity index is 1.62. The van der Waals surface area contributed by atoms with Gasteiger partial charge in [0.1, 0.15) is 5.75 Å². The molecule has 2 aromatic carbocycles. The summed E-state index contributed by atoms with van der Waals surface area (Å²) in [5, 5.41) is 5.21. The van der Waals surface area contributed by atoms with Crippen molar-refractivity contribution < 1.29 is 19.0 Å². The number of nitrogens with zero attached hydrogens (tertiary/aromatic N) is 1. The Morgan fingerprint density at radius 2 is 1.88 bits per heavy atom. The van der Waals surface area contributed by atoms with Gasteiger partial charge < -0.3 is 14.2 Å². The molecule has 0 aliphatic carbocycles. The number of carbonyl (C=O) groups is 1. The molecular formula is C25H28N2O4S. The Hall–Kier alpha value is -3.32. The number of hydrogen-bond acceptors (Lipinski definition) is 6. The first-order valence-corrected chi connectivity index (χ1v) is 11.3. The highest BCUT2D eigenvalue weighted by molar-refractivity contribution is 7.14. The summed E-state index contributed by atoms with van der Waals surface area (Å²) in [5.74, 6) is 2.38. The van der Waals surface area contributed by atoms with E-state index in [-0.39, 0.29) is 5.91 Å². The van der Waals surface area contributed by atoms with Gasteiger partial charge in [-0.3, -0.25) is 10.1 Å². The van der Waals surface area contributed by atoms with Gasteiger partial charge in [0.25, 0.3) is 0 Å². The number of methoxy groups -OCH3 is 2. The van der Waals surface area contributed by atoms with E-state index in [1.54, 1.807) is 20.3 Å². The van der Waals surface area contributed by atoms with E-state index in [1.807, 2.05) is 47.8 Å². The predicted octanol–water partition coefficient (Wildman–Crippen LogP) is 5.90. The second-order valence-corrected chi connectivity index (χ2v) is 8.36. The summed E-state index contributed by atoms with van der Waals surface area (Å²) in [4.78, 5) is 16.9. The van der Waals surface area contributed by atoms with E-state index < -0.39 is 0 Å². The molecule has 7 heteroatoms. The Kier molecular flexibility index (Phi) is 8.27. The number of ether oxygens (including phenoxy) is 3. The third-order valence-corrected chi connectivity index (χ3v) is 5.44. The summed E-state index contributed by atoms with van der Waals surface area (Å²) >= 11 is 1.36. The van der Waals surface area contributed by atoms with Crippen LogP contribution in [0.15, 0.2) is 53.9 Å². The summed E-state index contributed by atoms with van der Waals surface area (Å²) in [5.41, 5.74) is 2.47. The van der Waals surface area contributed by atoms with Crippen molar-refractivity contribution in [3.05, 3.63) is 59.5 Å². The van der Waals surface area contributed by atoms with E-state index in [0.29, 0.717) is 29.2 Å². The predicted molar refractivity (Wildman–Crippen MR) is 130 cm³/mol. The van der Waals surface area contributed by atoms with Crippen LogP contribution < -0.4 is 19.5 Å². The molecule has 0 bridgehead atoms. The minimum absolute atomic E-state index is 0.262. The Morgan fingerprint density at radius 3 is 2.62 bits per heavy atom. The summed E-state index contributed by atoms with van der Waals surface area (Å²) in [7, 11) is 3.23. The van der Waals surface area contributed by atoms with Crippen LogP contribution in [0.4, 0.5) is 5.13 Å². The normalized spacial score (nSPS) is 11.0. The van der Waals surface area contributed by atoms with E-state index in [9.17, 15) is 4.79 Å². The van der Waals surface area contributed by atoms with Crippen LogP contribution in [-0.2, 0) is 4.79 Å². The fourth-order valence-electron chi connectivity index (χ4n) is 2.94. The largest absolute Gasteiger partial charge is 0.496 e. The summed E-state index contributed by atoms with van der Waals surface area (Å²) in [6.45, 7) is 4.95. The first-order valence-electron chi connectivity index (χ1n) is 10.4. The van der Waals surface area contributed by atoms with Crippen LogP contribution in [0.2, 0.25) is 0 Å². The van der Waals surface area contributed by atoms with Crippen LogP contribution in [0.5, 0.6) is 17.2 Å². The van der Waals surface area contributed by atoms with Gasteiger partial charge in [-0.1, -0.05) is 32.0 Å². The lowest BCUT2D eigenvalue weighted by molar-refractivity contribution is -0.111. The molecule has 1 heterocycles. The number of para-hydroxylation sites is 1. The van der Waals surface area contributed by atoms with Crippen molar-refractivity contribution in [2.24, 2.45) is 5.92 Å². The fourth-order valence-corrected chi connectivity index (χ4v) is 3.66. The molecule has 0 fully saturated rings. The van der Waals surface area contributed by atoms with Crippen molar-refractivity contribution in [2.45, 2.75) is 20.3 Å². The van der Waals surface area contributed by atoms with Gasteiger partial charge in [0.05, 0.1) is 26.5 Å². The molecule has 0 aliphatic heterocycles. The van der Waals surface area contributed by atoms with Crippen LogP contribution in [-0.4, -0.2) is 31.7 Å². The zero-order valence-corrected chi connectivity index (χ0v) is 19.6. The minimum atomic E-state index is -0.262. The molecule has 3 aromatic rings. The number of benzene rings is 2. The second-order valence-electron chi connectivity index (χ2n) is 7.50. The van der Waals surface area contributed by atoms with Gasteiger partial charge in [0, 0.05) is 17.0 Å². The number of nitrogens with one attached hydrogen (secondary N) is 1. The van der Waals surface area contributed by atoms with E-state index in [1.165, 1.54) is 17.4 Å². The Labute approximate surface area is 192 Å². The number of aromatic nitrogens is 1. The van der Waals surface area contributed by atoms with Crippen molar-refractivity contribution in [1.29, 1.82) is 0 Å². The number of anilines is 1. The minimum Gasteiger partial charge on any atom is -0.496 e. The highest BCUT2D eigenvalue weighted by atomic mass is 32.1. The smallest absolute Gasteiger partial charge is 0.250 e. The lowest BCUT2D eigenvalue weighted by Gasteiger charge is -2.12. The number of rotatable bonds is 10. The summed E-state index contributed by atoms with van der Waals surface area (Å²) in [6, 6.07) is 13.2. The highest BCUT2D eigenvalue weighted by Crippen LogP contribution is 2.32. The third-order valence-electron chi connectivity index (χ3n) is 4.68. The number of amides is 1. The standard InChI is InChI=1S/C25H28N2O4S/c1-17(2)13-14-31-22-11-9-18(15-23(22)30-4)10-12-24(28)27-25-26-20(16-32-25)19-7-5-6-8-21(19)29-3/h5-12,15-17H,13-14H2,1-4H3,(H,26,27,28)/b12-10+. The maximum Gasteiger partial charge on any atom is 0.250 e. The number of thiazole rings is 1. The van der Waals surface area contributed by atoms with Crippen molar-refractivity contribution in [1.82, 2.24) is 4.98 Å². The Bertz CT molecular complexity index is 1080. The molecule has 0 atom stereocenters. The summed E-state index contributed by atoms with van der Waals surface area (Å²) < 4.78 is 16.6. The van der Waals surface area contributed by atoms with Crippen LogP contribution >= 0.6 is 11.3 Å². The molecule has 6 nitrogen and oxygen atoms in total. The molecule has 0 saturated heterocycles. The van der Waals surface area contributed by atoms with Crippen LogP contribution in [0, 0.1) is 5.92 Å². The Morgan fingerprint density at radius 1 is 1.09 bits per heavy atom. The topological polar surface area (TPSA) is 69.7 Å². The molecule has 0 radical (unpaired) electrons. The van der Waals surface area contributed by atoms with Gasteiger partial charge in [0.15, 0.2) is 16.6 Å². The molecular weight excluding hydrogens is 424 g/mol. The highest BCUT2D eigenvalue weighted by Gasteiger charge is 2.11.